The molecule has 0 amide bonds. The van der Waals surface area contributed by atoms with Gasteiger partial charge in [0.15, 0.2) is 0 Å². The Morgan fingerprint density at radius 3 is 1.38 bits per heavy atom. The minimum absolute atomic E-state index is 0.220. The molecule has 300 valence electrons. The summed E-state index contributed by atoms with van der Waals surface area (Å²) in [7, 11) is 3.45. The van der Waals surface area contributed by atoms with Crippen LogP contribution in [0.5, 0.6) is 23.3 Å². The predicted molar refractivity (Wildman–Crippen MR) is 228 cm³/mol. The first-order valence-electron chi connectivity index (χ1n) is 22.0. The molecule has 0 N–H and O–H groups in total. The Morgan fingerprint density at radius 1 is 0.534 bits per heavy atom. The molecule has 0 aliphatic heterocycles. The third kappa shape index (κ3) is 6.61. The Balaban J connectivity index is 1.06. The van der Waals surface area contributed by atoms with Crippen molar-refractivity contribution in [2.75, 3.05) is 14.2 Å². The first-order valence-corrected chi connectivity index (χ1v) is 22.0. The van der Waals surface area contributed by atoms with E-state index in [1.165, 1.54) is 51.4 Å². The van der Waals surface area contributed by atoms with Crippen LogP contribution < -0.4 is 18.9 Å². The minimum atomic E-state index is -0.220. The number of benzene rings is 3. The lowest BCUT2D eigenvalue weighted by molar-refractivity contribution is -0.0265. The van der Waals surface area contributed by atoms with Crippen molar-refractivity contribution in [1.82, 2.24) is 20.2 Å². The molecule has 10 atom stereocenters. The van der Waals surface area contributed by atoms with Gasteiger partial charge in [0.25, 0.3) is 0 Å². The zero-order chi connectivity index (χ0) is 39.3. The van der Waals surface area contributed by atoms with Crippen LogP contribution in [-0.4, -0.2) is 34.4 Å². The third-order valence-electron chi connectivity index (χ3n) is 15.2. The summed E-state index contributed by atoms with van der Waals surface area (Å²) in [6, 6.07) is 25.0. The summed E-state index contributed by atoms with van der Waals surface area (Å²) in [5.41, 5.74) is 4.15. The van der Waals surface area contributed by atoms with E-state index in [1.807, 2.05) is 24.5 Å². The summed E-state index contributed by atoms with van der Waals surface area (Å²) >= 11 is 0. The van der Waals surface area contributed by atoms with Crippen molar-refractivity contribution < 1.29 is 18.9 Å². The van der Waals surface area contributed by atoms with Crippen LogP contribution in [0.2, 0.25) is 0 Å². The SMILES string of the molecule is CCC1C[C@@H]2CCC1CC2[C@@H](Oc1nnc(OC(c2ccnc3ccc(OC)cc23)[C@H]2C[C@H]3CCC2C[C@H]3CC)c2ccccc12)c1ccnc2ccc(OC)cc12. The Morgan fingerprint density at radius 2 is 0.983 bits per heavy atom. The summed E-state index contributed by atoms with van der Waals surface area (Å²) in [6.45, 7) is 4.73. The second-order valence-electron chi connectivity index (χ2n) is 17.8. The largest absolute Gasteiger partial charge is 0.497 e. The highest BCUT2D eigenvalue weighted by Gasteiger charge is 2.47. The first kappa shape index (κ1) is 37.3. The summed E-state index contributed by atoms with van der Waals surface area (Å²) in [4.78, 5) is 9.53. The van der Waals surface area contributed by atoms with Gasteiger partial charge in [-0.2, -0.15) is 0 Å². The Labute approximate surface area is 342 Å². The van der Waals surface area contributed by atoms with Gasteiger partial charge in [0.1, 0.15) is 23.7 Å². The number of nitrogens with zero attached hydrogens (tertiary/aromatic N) is 4. The van der Waals surface area contributed by atoms with Crippen LogP contribution in [0, 0.1) is 47.3 Å². The average molecular weight is 777 g/mol. The zero-order valence-electron chi connectivity index (χ0n) is 34.3. The molecule has 3 aromatic carbocycles. The van der Waals surface area contributed by atoms with Crippen LogP contribution in [-0.2, 0) is 0 Å². The van der Waals surface area contributed by atoms with E-state index in [9.17, 15) is 0 Å². The van der Waals surface area contributed by atoms with Gasteiger partial charge in [0, 0.05) is 46.1 Å². The van der Waals surface area contributed by atoms with Crippen LogP contribution in [0.15, 0.2) is 85.2 Å². The van der Waals surface area contributed by atoms with Crippen LogP contribution in [0.25, 0.3) is 32.6 Å². The normalized spacial score (nSPS) is 27.4. The molecule has 58 heavy (non-hydrogen) atoms. The number of ether oxygens (including phenoxy) is 4. The van der Waals surface area contributed by atoms with Gasteiger partial charge >= 0.3 is 0 Å². The van der Waals surface area contributed by atoms with Gasteiger partial charge in [-0.25, -0.2) is 0 Å². The maximum atomic E-state index is 7.35. The highest BCUT2D eigenvalue weighted by molar-refractivity contribution is 5.91. The molecule has 6 aliphatic carbocycles. The predicted octanol–water partition coefficient (Wildman–Crippen LogP) is 11.9. The van der Waals surface area contributed by atoms with Gasteiger partial charge < -0.3 is 18.9 Å². The van der Waals surface area contributed by atoms with Crippen molar-refractivity contribution in [2.45, 2.75) is 90.3 Å². The van der Waals surface area contributed by atoms with Crippen molar-refractivity contribution in [1.29, 1.82) is 0 Å². The molecular weight excluding hydrogens is 721 g/mol. The molecule has 8 heteroatoms. The number of fused-ring (bicyclic) bond motifs is 9. The van der Waals surface area contributed by atoms with E-state index in [0.717, 1.165) is 91.7 Å². The molecule has 0 spiro atoms. The number of rotatable bonds is 12. The number of aromatic nitrogens is 4. The Bertz CT molecular complexity index is 2270. The summed E-state index contributed by atoms with van der Waals surface area (Å²) < 4.78 is 26.1. The highest BCUT2D eigenvalue weighted by atomic mass is 16.5. The molecule has 5 unspecified atom stereocenters. The maximum Gasteiger partial charge on any atom is 0.242 e. The van der Waals surface area contributed by atoms with Crippen molar-refractivity contribution in [3.05, 3.63) is 96.3 Å². The third-order valence-corrected chi connectivity index (χ3v) is 15.2. The fraction of sp³-hybridized carbons (Fsp3) is 0.480. The molecule has 4 bridgehead atoms. The fourth-order valence-electron chi connectivity index (χ4n) is 12.2. The molecule has 6 aliphatic rings. The monoisotopic (exact) mass is 776 g/mol. The first-order chi connectivity index (χ1) is 28.5. The average Bonchev–Trinajstić information content (AvgIpc) is 3.29. The second-order valence-corrected chi connectivity index (χ2v) is 17.8. The van der Waals surface area contributed by atoms with E-state index >= 15 is 0 Å². The van der Waals surface area contributed by atoms with Crippen LogP contribution in [0.1, 0.15) is 101 Å². The van der Waals surface area contributed by atoms with Gasteiger partial charge in [-0.3, -0.25) is 9.97 Å². The van der Waals surface area contributed by atoms with Crippen molar-refractivity contribution in [3.63, 3.8) is 0 Å². The second kappa shape index (κ2) is 15.6. The lowest BCUT2D eigenvalue weighted by atomic mass is 9.57. The van der Waals surface area contributed by atoms with E-state index in [2.05, 4.69) is 74.5 Å². The van der Waals surface area contributed by atoms with Crippen molar-refractivity contribution >= 4 is 32.6 Å². The molecular formula is C50H56N4O4. The molecule has 0 saturated heterocycles. The molecule has 3 heterocycles. The maximum absolute atomic E-state index is 7.35. The van der Waals surface area contributed by atoms with Crippen LogP contribution in [0.3, 0.4) is 0 Å². The van der Waals surface area contributed by atoms with Gasteiger partial charge in [-0.1, -0.05) is 38.8 Å². The molecule has 8 nitrogen and oxygen atoms in total. The summed E-state index contributed by atoms with van der Waals surface area (Å²) in [5.74, 6) is 7.62. The van der Waals surface area contributed by atoms with Gasteiger partial charge in [-0.15, -0.1) is 10.2 Å². The van der Waals surface area contributed by atoms with Gasteiger partial charge in [0.05, 0.1) is 36.0 Å². The van der Waals surface area contributed by atoms with Gasteiger partial charge in [0.2, 0.25) is 11.8 Å². The van der Waals surface area contributed by atoms with Crippen molar-refractivity contribution in [2.24, 2.45) is 47.3 Å². The molecule has 6 aromatic rings. The number of pyridine rings is 2. The Kier molecular flexibility index (Phi) is 10.1. The number of methoxy groups -OCH3 is 2. The highest BCUT2D eigenvalue weighted by Crippen LogP contribution is 2.56. The van der Waals surface area contributed by atoms with E-state index in [4.69, 9.17) is 39.1 Å². The lowest BCUT2D eigenvalue weighted by Gasteiger charge is -2.49. The molecule has 0 radical (unpaired) electrons. The standard InChI is InChI=1S/C50H56N4O4/c1-5-29-23-33-13-11-31(29)25-41(33)47(37-19-21-51-45-17-15-35(55-3)27-43(37)45)57-49-39-9-7-8-10-40(39)50(54-53-49)58-48(42-26-32-12-14-34(42)24-30(32)6-2)38-20-22-52-46-18-16-36(56-4)28-44(38)46/h7-10,15-22,27-34,41-42,47-48H,5-6,11-14,23-26H2,1-4H3/t29-,30?,31-,32?,33?,34+,41+,42?,47?,48+/m1/s1. The molecule has 6 fully saturated rings. The van der Waals surface area contributed by atoms with Gasteiger partial charge in [-0.05, 0) is 148 Å². The Hall–Kier alpha value is -4.98. The number of hydrogen-bond acceptors (Lipinski definition) is 8. The van der Waals surface area contributed by atoms with E-state index < -0.39 is 0 Å². The topological polar surface area (TPSA) is 88.5 Å². The van der Waals surface area contributed by atoms with E-state index in [1.54, 1.807) is 14.2 Å². The minimum Gasteiger partial charge on any atom is -0.497 e. The fourth-order valence-corrected chi connectivity index (χ4v) is 12.2. The van der Waals surface area contributed by atoms with Crippen molar-refractivity contribution in [3.8, 4) is 23.3 Å². The smallest absolute Gasteiger partial charge is 0.242 e. The van der Waals surface area contributed by atoms with Crippen LogP contribution in [0.4, 0.5) is 0 Å². The van der Waals surface area contributed by atoms with Crippen LogP contribution >= 0.6 is 0 Å². The van der Waals surface area contributed by atoms with E-state index in [-0.39, 0.29) is 12.2 Å². The van der Waals surface area contributed by atoms with E-state index in [0.29, 0.717) is 35.4 Å². The lowest BCUT2D eigenvalue weighted by Crippen LogP contribution is -2.41. The molecule has 3 aromatic heterocycles. The summed E-state index contributed by atoms with van der Waals surface area (Å²) in [6.07, 6.45) is 15.9. The summed E-state index contributed by atoms with van der Waals surface area (Å²) in [5, 5.41) is 13.9. The molecule has 6 saturated carbocycles. The zero-order valence-corrected chi connectivity index (χ0v) is 34.3. The number of hydrogen-bond donors (Lipinski definition) is 0. The molecule has 12 rings (SSSR count). The quantitative estimate of drug-likeness (QED) is 0.121.